The molecule has 11 nitrogen and oxygen atoms in total. The van der Waals surface area contributed by atoms with E-state index in [-0.39, 0.29) is 45.2 Å². The molecule has 1 heterocycles. The van der Waals surface area contributed by atoms with Crippen molar-refractivity contribution in [1.82, 2.24) is 5.32 Å². The molecule has 0 unspecified atom stereocenters. The van der Waals surface area contributed by atoms with Crippen LogP contribution >= 0.6 is 11.6 Å². The number of hydrogen-bond donors (Lipinski definition) is 2. The van der Waals surface area contributed by atoms with Gasteiger partial charge in [-0.25, -0.2) is 4.79 Å². The van der Waals surface area contributed by atoms with Crippen molar-refractivity contribution in [1.29, 1.82) is 0 Å². The van der Waals surface area contributed by atoms with Crippen LogP contribution in [-0.4, -0.2) is 74.8 Å². The summed E-state index contributed by atoms with van der Waals surface area (Å²) < 4.78 is 56.7. The average Bonchev–Trinajstić information content (AvgIpc) is 0.788. The molecule has 12 heteroatoms. The second-order valence-electron chi connectivity index (χ2n) is 29.4. The van der Waals surface area contributed by atoms with E-state index < -0.39 is 42.9 Å². The fraction of sp³-hybridized carbons (Fsp3) is 0.598. The van der Waals surface area contributed by atoms with E-state index in [9.17, 15) is 4.79 Å². The molecule has 104 heavy (non-hydrogen) atoms. The summed E-state index contributed by atoms with van der Waals surface area (Å²) in [5.74, 6) is 0. The predicted octanol–water partition coefficient (Wildman–Crippen LogP) is 25.0. The monoisotopic (exact) mass is 1450 g/mol. The van der Waals surface area contributed by atoms with Gasteiger partial charge in [-0.3, -0.25) is 5.32 Å². The lowest BCUT2D eigenvalue weighted by Gasteiger charge is -2.46. The molecule has 8 atom stereocenters. The van der Waals surface area contributed by atoms with Gasteiger partial charge in [-0.2, -0.15) is 0 Å². The Kier molecular flexibility index (Phi) is 46.9. The minimum absolute atomic E-state index is 0.171. The highest BCUT2D eigenvalue weighted by Gasteiger charge is 2.50. The summed E-state index contributed by atoms with van der Waals surface area (Å²) in [6.45, 7) is 6.91. The molecule has 0 bridgehead atoms. The highest BCUT2D eigenvalue weighted by Crippen LogP contribution is 2.33. The maximum Gasteiger partial charge on any atom is 0.411 e. The van der Waals surface area contributed by atoms with Gasteiger partial charge in [0.1, 0.15) is 37.1 Å². The summed E-state index contributed by atoms with van der Waals surface area (Å²) in [7, 11) is 0. The summed E-state index contributed by atoms with van der Waals surface area (Å²) in [6.07, 6.45) is 42.9. The van der Waals surface area contributed by atoms with E-state index in [4.69, 9.17) is 49.5 Å². The van der Waals surface area contributed by atoms with Crippen LogP contribution in [0.15, 0.2) is 176 Å². The van der Waals surface area contributed by atoms with Gasteiger partial charge in [-0.15, -0.1) is 0 Å². The maximum atomic E-state index is 13.8. The third-order valence-corrected chi connectivity index (χ3v) is 20.7. The van der Waals surface area contributed by atoms with Crippen LogP contribution in [0, 0.1) is 0 Å². The van der Waals surface area contributed by atoms with E-state index in [1.165, 1.54) is 205 Å². The van der Waals surface area contributed by atoms with Crippen LogP contribution in [0.3, 0.4) is 0 Å². The first-order chi connectivity index (χ1) is 51.4. The van der Waals surface area contributed by atoms with E-state index >= 15 is 0 Å². The van der Waals surface area contributed by atoms with Gasteiger partial charge in [0.2, 0.25) is 0 Å². The van der Waals surface area contributed by atoms with Gasteiger partial charge in [0.25, 0.3) is 0 Å². The zero-order valence-corrected chi connectivity index (χ0v) is 65.0. The molecule has 0 aromatic heterocycles. The van der Waals surface area contributed by atoms with Gasteiger partial charge in [-0.1, -0.05) is 402 Å². The fourth-order valence-corrected chi connectivity index (χ4v) is 14.4. The second-order valence-corrected chi connectivity index (χ2v) is 29.8. The number of hydrogen-bond acceptors (Lipinski definition) is 10. The summed E-state index contributed by atoms with van der Waals surface area (Å²) in [5.41, 5.74) is 5.67. The Balaban J connectivity index is 1.08. The molecule has 2 N–H and O–H groups in total. The van der Waals surface area contributed by atoms with Crippen molar-refractivity contribution in [2.45, 2.75) is 333 Å². The predicted molar refractivity (Wildman–Crippen MR) is 430 cm³/mol. The molecule has 574 valence electrons. The topological polar surface area (TPSA) is 115 Å². The first kappa shape index (κ1) is 85.8. The first-order valence-corrected chi connectivity index (χ1v) is 41.8. The van der Waals surface area contributed by atoms with E-state index in [0.29, 0.717) is 23.9 Å². The second kappa shape index (κ2) is 56.8. The number of ether oxygens (including phenoxy) is 8. The maximum absolute atomic E-state index is 13.8. The smallest absolute Gasteiger partial charge is 0.411 e. The lowest BCUT2D eigenvalue weighted by Crippen LogP contribution is -2.62. The molecule has 0 aliphatic carbocycles. The van der Waals surface area contributed by atoms with Crippen LogP contribution < -0.4 is 10.6 Å². The van der Waals surface area contributed by atoms with Gasteiger partial charge in [0.15, 0.2) is 6.29 Å². The molecule has 1 fully saturated rings. The lowest BCUT2D eigenvalue weighted by atomic mass is 9.97. The molecule has 0 saturated carbocycles. The van der Waals surface area contributed by atoms with Crippen molar-refractivity contribution in [2.24, 2.45) is 0 Å². The molecular formula is C92H135ClN2O9. The minimum Gasteiger partial charge on any atom is -0.446 e. The number of amides is 1. The minimum atomic E-state index is -1.04. The number of rotatable bonds is 62. The lowest BCUT2D eigenvalue weighted by molar-refractivity contribution is -0.328. The number of nitrogens with one attached hydrogen (secondary N) is 2. The third-order valence-electron chi connectivity index (χ3n) is 20.5. The molecule has 1 saturated heterocycles. The van der Waals surface area contributed by atoms with Crippen molar-refractivity contribution in [3.05, 3.63) is 209 Å². The third kappa shape index (κ3) is 37.9. The first-order valence-electron chi connectivity index (χ1n) is 41.4. The van der Waals surface area contributed by atoms with Gasteiger partial charge < -0.3 is 43.2 Å². The number of benzene rings is 6. The number of carbonyl (C=O) groups is 1. The average molecular weight is 1450 g/mol. The Bertz CT molecular complexity index is 2950. The number of halogens is 1. The van der Waals surface area contributed by atoms with Crippen LogP contribution in [0.1, 0.15) is 279 Å². The Morgan fingerprint density at radius 3 is 1.13 bits per heavy atom. The summed E-state index contributed by atoms with van der Waals surface area (Å²) in [5, 5.41) is 7.50. The van der Waals surface area contributed by atoms with Crippen LogP contribution in [0.2, 0.25) is 5.02 Å². The Hall–Kier alpha value is -5.44. The van der Waals surface area contributed by atoms with Gasteiger partial charge in [-0.05, 0) is 71.5 Å². The quantitative estimate of drug-likeness (QED) is 0.0358. The van der Waals surface area contributed by atoms with Crippen molar-refractivity contribution >= 4 is 23.4 Å². The highest BCUT2D eigenvalue weighted by molar-refractivity contribution is 6.30. The molecule has 1 aliphatic rings. The Morgan fingerprint density at radius 1 is 0.385 bits per heavy atom. The largest absolute Gasteiger partial charge is 0.446 e. The van der Waals surface area contributed by atoms with E-state index in [2.05, 4.69) is 109 Å². The molecule has 1 amide bonds. The Labute approximate surface area is 635 Å². The van der Waals surface area contributed by atoms with Crippen LogP contribution in [0.5, 0.6) is 0 Å². The summed E-state index contributed by atoms with van der Waals surface area (Å²) >= 11 is 6.25. The zero-order chi connectivity index (χ0) is 72.6. The van der Waals surface area contributed by atoms with Crippen molar-refractivity contribution < 1.29 is 42.7 Å². The number of carbonyl (C=O) groups excluding carboxylic acids is 1. The standard InChI is InChI=1S/C92H135ClN2O9/c1-3-5-7-9-11-13-15-17-18-19-20-21-22-23-24-25-26-27-28-30-32-34-36-53-69-94-84(87(98-71-78-56-44-38-45-57-78)85(97-70-77-54-42-37-43-55-77)64-52-35-33-31-29-16-14-12-10-8-6-4-2)75-102-91-90(101-74-81-62-50-41-51-63-81)89(100-73-80-60-48-40-49-61-80)88(99-72-79-58-46-39-47-59-79)86(104-91)76-103-92(96)95-83-67-65-82(93)66-68-83/h37-51,54-63,65-68,84-91,94H,3-36,52-53,64,69-76H2,1-2H3,(H,95,96)/t84-,85+,86+,87-,88-,89-,90+,91-/m0/s1. The van der Waals surface area contributed by atoms with Crippen LogP contribution in [0.4, 0.5) is 10.5 Å². The van der Waals surface area contributed by atoms with Crippen molar-refractivity contribution in [2.75, 3.05) is 25.1 Å². The molecule has 7 rings (SSSR count). The van der Waals surface area contributed by atoms with Crippen LogP contribution in [0.25, 0.3) is 0 Å². The zero-order valence-electron chi connectivity index (χ0n) is 64.2. The highest BCUT2D eigenvalue weighted by atomic mass is 35.5. The van der Waals surface area contributed by atoms with Gasteiger partial charge in [0.05, 0.1) is 51.8 Å². The molecule has 6 aromatic rings. The van der Waals surface area contributed by atoms with E-state index in [1.54, 1.807) is 24.3 Å². The van der Waals surface area contributed by atoms with Crippen LogP contribution in [-0.2, 0) is 70.9 Å². The normalized spacial score (nSPS) is 16.9. The molecule has 6 aromatic carbocycles. The van der Waals surface area contributed by atoms with Crippen molar-refractivity contribution in [3.8, 4) is 0 Å². The SMILES string of the molecule is CCCCCCCCCCCCCCCCCCCCCCCCCCN[C@@H](CO[C@H]1O[C@H](COC(=O)Nc2ccc(Cl)cc2)[C@H](OCc2ccccc2)[C@H](OCc2ccccc2)[C@H]1OCc1ccccc1)[C@H](OCc1ccccc1)[C@@H](CCCCCCCCCCCCCC)OCc1ccccc1. The number of unbranched alkanes of at least 4 members (excludes halogenated alkanes) is 34. The Morgan fingerprint density at radius 2 is 0.731 bits per heavy atom. The fourth-order valence-electron chi connectivity index (χ4n) is 14.3. The summed E-state index contributed by atoms with van der Waals surface area (Å²) in [6, 6.07) is 57.9. The van der Waals surface area contributed by atoms with Crippen molar-refractivity contribution in [3.63, 3.8) is 0 Å². The van der Waals surface area contributed by atoms with Gasteiger partial charge >= 0.3 is 6.09 Å². The number of anilines is 1. The summed E-state index contributed by atoms with van der Waals surface area (Å²) in [4.78, 5) is 13.8. The van der Waals surface area contributed by atoms with E-state index in [0.717, 1.165) is 66.5 Å². The van der Waals surface area contributed by atoms with Gasteiger partial charge in [0, 0.05) is 10.7 Å². The molecular weight excluding hydrogens is 1310 g/mol. The van der Waals surface area contributed by atoms with E-state index in [1.807, 2.05) is 66.7 Å². The molecule has 0 radical (unpaired) electrons. The molecule has 0 spiro atoms. The molecule has 1 aliphatic heterocycles.